The molecule has 1 fully saturated rings. The Morgan fingerprint density at radius 1 is 1.11 bits per heavy atom. The number of amides is 1. The largest absolute Gasteiger partial charge is 0.496 e. The quantitative estimate of drug-likeness (QED) is 0.337. The molecule has 0 unspecified atom stereocenters. The van der Waals surface area contributed by atoms with Crippen molar-refractivity contribution < 1.29 is 9.53 Å². The highest BCUT2D eigenvalue weighted by atomic mass is 35.5. The predicted molar refractivity (Wildman–Crippen MR) is 123 cm³/mol. The van der Waals surface area contributed by atoms with Gasteiger partial charge in [0.1, 0.15) is 5.75 Å². The average Bonchev–Trinajstić information content (AvgIpc) is 2.96. The minimum absolute atomic E-state index is 0.228. The van der Waals surface area contributed by atoms with Crippen LogP contribution in [0.15, 0.2) is 59.5 Å². The Morgan fingerprint density at radius 2 is 1.89 bits per heavy atom. The summed E-state index contributed by atoms with van der Waals surface area (Å²) in [6.07, 6.45) is 1.82. The molecule has 3 nitrogen and oxygen atoms in total. The second-order valence-electron chi connectivity index (χ2n) is 6.02. The van der Waals surface area contributed by atoms with E-state index < -0.39 is 0 Å². The van der Waals surface area contributed by atoms with Crippen LogP contribution in [0.4, 0.5) is 5.69 Å². The topological polar surface area (TPSA) is 29.5 Å². The lowest BCUT2D eigenvalue weighted by Gasteiger charge is -2.16. The molecule has 0 spiro atoms. The van der Waals surface area contributed by atoms with Gasteiger partial charge in [0.2, 0.25) is 0 Å². The number of nitrogens with zero attached hydrogens (tertiary/aromatic N) is 1. The SMILES string of the molecule is COc1ccc2ccccc2c1/C=C1\SC(=S)N(c2ccc(Cl)cc2Cl)C1=O. The fourth-order valence-electron chi connectivity index (χ4n) is 3.07. The van der Waals surface area contributed by atoms with Crippen molar-refractivity contribution in [2.45, 2.75) is 0 Å². The number of rotatable bonds is 3. The Labute approximate surface area is 181 Å². The van der Waals surface area contributed by atoms with Crippen LogP contribution in [0.2, 0.25) is 10.0 Å². The summed E-state index contributed by atoms with van der Waals surface area (Å²) in [5.41, 5.74) is 1.35. The standard InChI is InChI=1S/C21H13Cl2NO2S2/c1-26-18-9-6-12-4-2-3-5-14(12)15(18)11-19-20(25)24(21(27)28-19)17-8-7-13(22)10-16(17)23/h2-11H,1H3/b19-11-. The van der Waals surface area contributed by atoms with Gasteiger partial charge in [-0.2, -0.15) is 0 Å². The number of carbonyl (C=O) groups is 1. The molecule has 4 rings (SSSR count). The van der Waals surface area contributed by atoms with E-state index in [-0.39, 0.29) is 5.91 Å². The van der Waals surface area contributed by atoms with Gasteiger partial charge in [0.15, 0.2) is 4.32 Å². The zero-order valence-electron chi connectivity index (χ0n) is 14.6. The van der Waals surface area contributed by atoms with E-state index in [2.05, 4.69) is 0 Å². The number of carbonyl (C=O) groups excluding carboxylic acids is 1. The summed E-state index contributed by atoms with van der Waals surface area (Å²) in [5, 5.41) is 2.92. The predicted octanol–water partition coefficient (Wildman–Crippen LogP) is 6.56. The number of halogens is 2. The van der Waals surface area contributed by atoms with Gasteiger partial charge in [-0.25, -0.2) is 0 Å². The zero-order valence-corrected chi connectivity index (χ0v) is 17.8. The smallest absolute Gasteiger partial charge is 0.270 e. The van der Waals surface area contributed by atoms with E-state index in [1.165, 1.54) is 16.7 Å². The van der Waals surface area contributed by atoms with Crippen LogP contribution < -0.4 is 9.64 Å². The molecular formula is C21H13Cl2NO2S2. The zero-order chi connectivity index (χ0) is 19.8. The highest BCUT2D eigenvalue weighted by Crippen LogP contribution is 2.41. The number of thiocarbonyl (C=S) groups is 1. The van der Waals surface area contributed by atoms with Crippen molar-refractivity contribution in [1.29, 1.82) is 0 Å². The second kappa shape index (κ2) is 7.76. The number of benzene rings is 3. The Morgan fingerprint density at radius 3 is 2.64 bits per heavy atom. The maximum absolute atomic E-state index is 13.1. The summed E-state index contributed by atoms with van der Waals surface area (Å²) in [6, 6.07) is 16.8. The molecule has 7 heteroatoms. The molecule has 1 aliphatic rings. The van der Waals surface area contributed by atoms with Gasteiger partial charge in [-0.15, -0.1) is 0 Å². The highest BCUT2D eigenvalue weighted by Gasteiger charge is 2.34. The van der Waals surface area contributed by atoms with Crippen LogP contribution >= 0.6 is 47.2 Å². The molecule has 0 bridgehead atoms. The number of methoxy groups -OCH3 is 1. The lowest BCUT2D eigenvalue weighted by molar-refractivity contribution is -0.113. The Hall–Kier alpha value is -2.05. The summed E-state index contributed by atoms with van der Waals surface area (Å²) in [6.45, 7) is 0. The van der Waals surface area contributed by atoms with Gasteiger partial charge in [-0.3, -0.25) is 9.69 Å². The molecule has 1 saturated heterocycles. The van der Waals surface area contributed by atoms with E-state index in [4.69, 9.17) is 40.2 Å². The summed E-state index contributed by atoms with van der Waals surface area (Å²) in [7, 11) is 1.61. The highest BCUT2D eigenvalue weighted by molar-refractivity contribution is 8.27. The number of ether oxygens (including phenoxy) is 1. The Balaban J connectivity index is 1.81. The van der Waals surface area contributed by atoms with Crippen LogP contribution in [0.5, 0.6) is 5.75 Å². The van der Waals surface area contributed by atoms with Crippen LogP contribution in [0.3, 0.4) is 0 Å². The van der Waals surface area contributed by atoms with Gasteiger partial charge in [-0.1, -0.05) is 77.5 Å². The molecule has 3 aromatic rings. The van der Waals surface area contributed by atoms with E-state index in [9.17, 15) is 4.79 Å². The molecule has 0 N–H and O–H groups in total. The van der Waals surface area contributed by atoms with Gasteiger partial charge < -0.3 is 4.74 Å². The summed E-state index contributed by atoms with van der Waals surface area (Å²) < 4.78 is 5.94. The summed E-state index contributed by atoms with van der Waals surface area (Å²) >= 11 is 18.9. The van der Waals surface area contributed by atoms with Gasteiger partial charge in [-0.05, 0) is 41.1 Å². The molecule has 1 amide bonds. The van der Waals surface area contributed by atoms with Crippen LogP contribution in [0, 0.1) is 0 Å². The second-order valence-corrected chi connectivity index (χ2v) is 8.53. The van der Waals surface area contributed by atoms with Crippen molar-refractivity contribution in [2.75, 3.05) is 12.0 Å². The van der Waals surface area contributed by atoms with Crippen molar-refractivity contribution in [3.05, 3.63) is 75.1 Å². The van der Waals surface area contributed by atoms with Crippen LogP contribution in [0.25, 0.3) is 16.8 Å². The lowest BCUT2D eigenvalue weighted by Crippen LogP contribution is -2.27. The molecule has 3 aromatic carbocycles. The first kappa shape index (κ1) is 19.3. The van der Waals surface area contributed by atoms with Gasteiger partial charge in [0.05, 0.1) is 22.7 Å². The van der Waals surface area contributed by atoms with Crippen molar-refractivity contribution in [2.24, 2.45) is 0 Å². The van der Waals surface area contributed by atoms with Gasteiger partial charge >= 0.3 is 0 Å². The number of fused-ring (bicyclic) bond motifs is 1. The minimum atomic E-state index is -0.228. The molecule has 0 saturated carbocycles. The monoisotopic (exact) mass is 445 g/mol. The molecule has 0 atom stereocenters. The third-order valence-electron chi connectivity index (χ3n) is 4.37. The Bertz CT molecular complexity index is 1160. The molecule has 0 radical (unpaired) electrons. The molecule has 140 valence electrons. The molecule has 28 heavy (non-hydrogen) atoms. The molecular weight excluding hydrogens is 433 g/mol. The first-order valence-corrected chi connectivity index (χ1v) is 10.3. The molecule has 1 heterocycles. The maximum atomic E-state index is 13.1. The number of hydrogen-bond acceptors (Lipinski definition) is 4. The van der Waals surface area contributed by atoms with Crippen molar-refractivity contribution in [3.63, 3.8) is 0 Å². The third-order valence-corrected chi connectivity index (χ3v) is 6.21. The third kappa shape index (κ3) is 3.40. The van der Waals surface area contributed by atoms with Crippen LogP contribution in [-0.2, 0) is 4.79 Å². The average molecular weight is 446 g/mol. The van der Waals surface area contributed by atoms with E-state index in [1.807, 2.05) is 42.5 Å². The van der Waals surface area contributed by atoms with Gasteiger partial charge in [0, 0.05) is 10.6 Å². The molecule has 0 aromatic heterocycles. The molecule has 1 aliphatic heterocycles. The van der Waals surface area contributed by atoms with Crippen molar-refractivity contribution >= 4 is 79.9 Å². The lowest BCUT2D eigenvalue weighted by atomic mass is 10.0. The van der Waals surface area contributed by atoms with E-state index in [1.54, 1.807) is 25.3 Å². The summed E-state index contributed by atoms with van der Waals surface area (Å²) in [5.74, 6) is 0.461. The molecule has 0 aliphatic carbocycles. The normalized spacial score (nSPS) is 15.7. The fraction of sp³-hybridized carbons (Fsp3) is 0.0476. The first-order valence-electron chi connectivity index (χ1n) is 8.28. The van der Waals surface area contributed by atoms with Crippen molar-refractivity contribution in [3.8, 4) is 5.75 Å². The Kier molecular flexibility index (Phi) is 5.34. The van der Waals surface area contributed by atoms with Crippen molar-refractivity contribution in [1.82, 2.24) is 0 Å². The maximum Gasteiger partial charge on any atom is 0.270 e. The van der Waals surface area contributed by atoms with Crippen LogP contribution in [0.1, 0.15) is 5.56 Å². The van der Waals surface area contributed by atoms with Crippen LogP contribution in [-0.4, -0.2) is 17.3 Å². The van der Waals surface area contributed by atoms with E-state index in [0.717, 1.165) is 16.3 Å². The minimum Gasteiger partial charge on any atom is -0.496 e. The van der Waals surface area contributed by atoms with E-state index >= 15 is 0 Å². The van der Waals surface area contributed by atoms with Gasteiger partial charge in [0.25, 0.3) is 5.91 Å². The first-order chi connectivity index (χ1) is 13.5. The van der Waals surface area contributed by atoms with E-state index in [0.29, 0.717) is 30.7 Å². The fourth-order valence-corrected chi connectivity index (χ4v) is 4.83. The number of anilines is 1. The summed E-state index contributed by atoms with van der Waals surface area (Å²) in [4.78, 5) is 15.0. The number of hydrogen-bond donors (Lipinski definition) is 0. The number of thioether (sulfide) groups is 1.